The Morgan fingerprint density at radius 3 is 2.65 bits per heavy atom. The minimum atomic E-state index is -0.860. The second-order valence-electron chi connectivity index (χ2n) is 7.25. The molecule has 1 heterocycles. The summed E-state index contributed by atoms with van der Waals surface area (Å²) in [5, 5.41) is 18.9. The van der Waals surface area contributed by atoms with Crippen molar-refractivity contribution in [3.8, 4) is 0 Å². The zero-order valence-electron chi connectivity index (χ0n) is 14.9. The van der Waals surface area contributed by atoms with Gasteiger partial charge in [0.25, 0.3) is 0 Å². The molecule has 0 aromatic carbocycles. The lowest BCUT2D eigenvalue weighted by Crippen LogP contribution is -2.45. The van der Waals surface area contributed by atoms with E-state index in [1.54, 1.807) is 0 Å². The number of aliphatic hydroxyl groups excluding tert-OH is 1. The van der Waals surface area contributed by atoms with Crippen LogP contribution in [0.4, 0.5) is 0 Å². The average Bonchev–Trinajstić information content (AvgIpc) is 2.46. The van der Waals surface area contributed by atoms with Crippen molar-refractivity contribution in [1.29, 1.82) is 0 Å². The molecule has 4 atom stereocenters. The molecule has 5 heteroatoms. The van der Waals surface area contributed by atoms with E-state index < -0.39 is 5.97 Å². The number of allylic oxidation sites excluding steroid dienone is 1. The van der Waals surface area contributed by atoms with Gasteiger partial charge < -0.3 is 19.7 Å². The fourth-order valence-electron chi connectivity index (χ4n) is 2.71. The molecule has 1 rings (SSSR count). The van der Waals surface area contributed by atoms with Gasteiger partial charge in [0.15, 0.2) is 0 Å². The van der Waals surface area contributed by atoms with Crippen molar-refractivity contribution in [2.45, 2.75) is 77.6 Å². The minimum absolute atomic E-state index is 0.0102. The fourth-order valence-corrected chi connectivity index (χ4v) is 2.71. The van der Waals surface area contributed by atoms with Crippen molar-refractivity contribution in [2.75, 3.05) is 13.2 Å². The second kappa shape index (κ2) is 9.40. The summed E-state index contributed by atoms with van der Waals surface area (Å²) in [7, 11) is 0. The van der Waals surface area contributed by atoms with E-state index in [9.17, 15) is 9.90 Å². The number of hydrogen-bond donors (Lipinski definition) is 2. The van der Waals surface area contributed by atoms with E-state index >= 15 is 0 Å². The third-order valence-corrected chi connectivity index (χ3v) is 4.43. The van der Waals surface area contributed by atoms with Crippen LogP contribution in [-0.2, 0) is 14.3 Å². The first-order valence-corrected chi connectivity index (χ1v) is 8.50. The Morgan fingerprint density at radius 1 is 1.43 bits per heavy atom. The van der Waals surface area contributed by atoms with Gasteiger partial charge in [0.1, 0.15) is 0 Å². The molecule has 2 unspecified atom stereocenters. The van der Waals surface area contributed by atoms with E-state index in [0.29, 0.717) is 19.6 Å². The SMILES string of the molecule is CC(C)=CCC(O)C(C)CCC[C@@]1(C)CO[C@H](CC(=O)O)CO1. The van der Waals surface area contributed by atoms with E-state index in [4.69, 9.17) is 14.6 Å². The van der Waals surface area contributed by atoms with Crippen LogP contribution in [0.15, 0.2) is 11.6 Å². The van der Waals surface area contributed by atoms with Crippen molar-refractivity contribution >= 4 is 5.97 Å². The van der Waals surface area contributed by atoms with Crippen molar-refractivity contribution < 1.29 is 24.5 Å². The standard InChI is InChI=1S/C18H32O5/c1-13(2)7-8-16(19)14(3)6-5-9-18(4)12-22-15(11-23-18)10-17(20)21/h7,14-16,19H,5-6,8-12H2,1-4H3,(H,20,21)/t14?,15-,16?,18+/m1/s1. The maximum atomic E-state index is 10.7. The van der Waals surface area contributed by atoms with E-state index in [-0.39, 0.29) is 30.1 Å². The smallest absolute Gasteiger partial charge is 0.306 e. The molecule has 5 nitrogen and oxygen atoms in total. The molecule has 0 saturated carbocycles. The molecule has 1 aliphatic heterocycles. The van der Waals surface area contributed by atoms with Crippen LogP contribution in [-0.4, -0.2) is 47.2 Å². The fraction of sp³-hybridized carbons (Fsp3) is 0.833. The van der Waals surface area contributed by atoms with E-state index in [0.717, 1.165) is 19.3 Å². The van der Waals surface area contributed by atoms with Gasteiger partial charge in [-0.05, 0) is 46.0 Å². The Morgan fingerprint density at radius 2 is 2.13 bits per heavy atom. The number of carboxylic acid groups (broad SMARTS) is 1. The molecule has 1 saturated heterocycles. The van der Waals surface area contributed by atoms with Gasteiger partial charge in [-0.1, -0.05) is 25.0 Å². The molecule has 0 bridgehead atoms. The predicted octanol–water partition coefficient (Wildman–Crippen LogP) is 3.16. The maximum absolute atomic E-state index is 10.7. The minimum Gasteiger partial charge on any atom is -0.481 e. The summed E-state index contributed by atoms with van der Waals surface area (Å²) in [4.78, 5) is 10.7. The monoisotopic (exact) mass is 328 g/mol. The van der Waals surface area contributed by atoms with Crippen LogP contribution in [0.1, 0.15) is 59.8 Å². The second-order valence-corrected chi connectivity index (χ2v) is 7.25. The van der Waals surface area contributed by atoms with Gasteiger partial charge in [-0.15, -0.1) is 0 Å². The van der Waals surface area contributed by atoms with E-state index in [2.05, 4.69) is 13.0 Å². The molecule has 0 radical (unpaired) electrons. The molecule has 0 spiro atoms. The number of carboxylic acids is 1. The molecule has 23 heavy (non-hydrogen) atoms. The third-order valence-electron chi connectivity index (χ3n) is 4.43. The highest BCUT2D eigenvalue weighted by Gasteiger charge is 2.33. The topological polar surface area (TPSA) is 76.0 Å². The number of rotatable bonds is 9. The molecule has 1 fully saturated rings. The average molecular weight is 328 g/mol. The number of aliphatic carboxylic acids is 1. The Bertz CT molecular complexity index is 392. The van der Waals surface area contributed by atoms with Gasteiger partial charge in [0, 0.05) is 0 Å². The molecular weight excluding hydrogens is 296 g/mol. The van der Waals surface area contributed by atoms with Crippen LogP contribution in [0.5, 0.6) is 0 Å². The van der Waals surface area contributed by atoms with Gasteiger partial charge >= 0.3 is 5.97 Å². The third kappa shape index (κ3) is 7.95. The number of carbonyl (C=O) groups is 1. The molecule has 0 aromatic heterocycles. The number of hydrogen-bond acceptors (Lipinski definition) is 4. The van der Waals surface area contributed by atoms with Gasteiger partial charge in [-0.2, -0.15) is 0 Å². The lowest BCUT2D eigenvalue weighted by atomic mass is 9.91. The van der Waals surface area contributed by atoms with Crippen LogP contribution in [0, 0.1) is 5.92 Å². The van der Waals surface area contributed by atoms with Crippen LogP contribution in [0.25, 0.3) is 0 Å². The Balaban J connectivity index is 2.27. The molecular formula is C18H32O5. The molecule has 2 N–H and O–H groups in total. The van der Waals surface area contributed by atoms with Crippen LogP contribution >= 0.6 is 0 Å². The first-order valence-electron chi connectivity index (χ1n) is 8.50. The highest BCUT2D eigenvalue weighted by molar-refractivity contribution is 5.67. The molecule has 0 aromatic rings. The summed E-state index contributed by atoms with van der Waals surface area (Å²) in [6.45, 7) is 8.93. The first-order chi connectivity index (χ1) is 10.7. The number of ether oxygens (including phenoxy) is 2. The summed E-state index contributed by atoms with van der Waals surface area (Å²) < 4.78 is 11.5. The lowest BCUT2D eigenvalue weighted by molar-refractivity contribution is -0.191. The van der Waals surface area contributed by atoms with Gasteiger partial charge in [0.05, 0.1) is 37.4 Å². The summed E-state index contributed by atoms with van der Waals surface area (Å²) in [6, 6.07) is 0. The Kier molecular flexibility index (Phi) is 8.23. The summed E-state index contributed by atoms with van der Waals surface area (Å²) in [5.74, 6) is -0.611. The van der Waals surface area contributed by atoms with Crippen molar-refractivity contribution in [3.63, 3.8) is 0 Å². The normalized spacial score (nSPS) is 27.3. The highest BCUT2D eigenvalue weighted by atomic mass is 16.6. The summed E-state index contributed by atoms with van der Waals surface area (Å²) in [5.41, 5.74) is 0.881. The zero-order chi connectivity index (χ0) is 17.5. The lowest BCUT2D eigenvalue weighted by Gasteiger charge is -2.37. The highest BCUT2D eigenvalue weighted by Crippen LogP contribution is 2.27. The van der Waals surface area contributed by atoms with Crippen LogP contribution in [0.3, 0.4) is 0 Å². The summed E-state index contributed by atoms with van der Waals surface area (Å²) >= 11 is 0. The van der Waals surface area contributed by atoms with Gasteiger partial charge in [0.2, 0.25) is 0 Å². The zero-order valence-corrected chi connectivity index (χ0v) is 14.9. The van der Waals surface area contributed by atoms with Crippen LogP contribution < -0.4 is 0 Å². The maximum Gasteiger partial charge on any atom is 0.306 e. The van der Waals surface area contributed by atoms with Crippen LogP contribution in [0.2, 0.25) is 0 Å². The molecule has 1 aliphatic rings. The Hall–Kier alpha value is -0.910. The van der Waals surface area contributed by atoms with Gasteiger partial charge in [-0.25, -0.2) is 0 Å². The molecule has 0 aliphatic carbocycles. The van der Waals surface area contributed by atoms with Gasteiger partial charge in [-0.3, -0.25) is 4.79 Å². The van der Waals surface area contributed by atoms with E-state index in [1.165, 1.54) is 5.57 Å². The first kappa shape index (κ1) is 20.1. The summed E-state index contributed by atoms with van der Waals surface area (Å²) in [6.07, 6.45) is 4.87. The van der Waals surface area contributed by atoms with Crippen molar-refractivity contribution in [3.05, 3.63) is 11.6 Å². The quantitative estimate of drug-likeness (QED) is 0.636. The molecule has 134 valence electrons. The van der Waals surface area contributed by atoms with E-state index in [1.807, 2.05) is 20.8 Å². The predicted molar refractivity (Wildman–Crippen MR) is 89.4 cm³/mol. The molecule has 0 amide bonds. The van der Waals surface area contributed by atoms with Crippen molar-refractivity contribution in [1.82, 2.24) is 0 Å². The number of aliphatic hydroxyl groups is 1. The Labute approximate surface area is 139 Å². The largest absolute Gasteiger partial charge is 0.481 e. The van der Waals surface area contributed by atoms with Crippen molar-refractivity contribution in [2.24, 2.45) is 5.92 Å².